The van der Waals surface area contributed by atoms with E-state index in [9.17, 15) is 14.4 Å². The summed E-state index contributed by atoms with van der Waals surface area (Å²) >= 11 is 0. The van der Waals surface area contributed by atoms with Crippen LogP contribution in [0.1, 0.15) is 30.6 Å². The average molecular weight is 275 g/mol. The fourth-order valence-electron chi connectivity index (χ4n) is 1.91. The highest BCUT2D eigenvalue weighted by Crippen LogP contribution is 2.38. The maximum atomic E-state index is 11.6. The van der Waals surface area contributed by atoms with E-state index in [1.54, 1.807) is 24.3 Å². The highest BCUT2D eigenvalue weighted by Gasteiger charge is 2.40. The van der Waals surface area contributed by atoms with Gasteiger partial charge in [0.25, 0.3) is 5.91 Å². The molecule has 1 N–H and O–H groups in total. The lowest BCUT2D eigenvalue weighted by molar-refractivity contribution is -0.148. The highest BCUT2D eigenvalue weighted by molar-refractivity contribution is 5.97. The molecule has 0 radical (unpaired) electrons. The molecule has 20 heavy (non-hydrogen) atoms. The fourth-order valence-corrected chi connectivity index (χ4v) is 1.91. The van der Waals surface area contributed by atoms with Crippen molar-refractivity contribution in [2.24, 2.45) is 11.8 Å². The second-order valence-corrected chi connectivity index (χ2v) is 5.11. The summed E-state index contributed by atoms with van der Waals surface area (Å²) in [6.45, 7) is 3.13. The molecule has 0 saturated heterocycles. The first-order valence-electron chi connectivity index (χ1n) is 6.55. The second kappa shape index (κ2) is 5.86. The van der Waals surface area contributed by atoms with Crippen molar-refractivity contribution >= 4 is 23.3 Å². The van der Waals surface area contributed by atoms with Gasteiger partial charge in [-0.3, -0.25) is 14.4 Å². The van der Waals surface area contributed by atoms with E-state index in [0.29, 0.717) is 17.2 Å². The number of carbonyl (C=O) groups is 3. The fraction of sp³-hybridized carbons (Fsp3) is 0.400. The van der Waals surface area contributed by atoms with E-state index in [1.165, 1.54) is 6.92 Å². The van der Waals surface area contributed by atoms with E-state index in [0.717, 1.165) is 6.42 Å². The molecule has 0 aliphatic heterocycles. The molecule has 5 heteroatoms. The van der Waals surface area contributed by atoms with Crippen LogP contribution in [0.4, 0.5) is 5.69 Å². The van der Waals surface area contributed by atoms with Crippen LogP contribution in [-0.4, -0.2) is 24.3 Å². The van der Waals surface area contributed by atoms with Crippen molar-refractivity contribution in [2.45, 2.75) is 20.3 Å². The normalized spacial score (nSPS) is 20.1. The third-order valence-corrected chi connectivity index (χ3v) is 3.31. The SMILES string of the molecule is CC(=O)c1cccc(NC(=O)COC(=O)[C@H]2C[C@H]2C)c1. The van der Waals surface area contributed by atoms with Gasteiger partial charge in [-0.25, -0.2) is 0 Å². The Balaban J connectivity index is 1.83. The molecule has 0 heterocycles. The van der Waals surface area contributed by atoms with Crippen molar-refractivity contribution in [2.75, 3.05) is 11.9 Å². The number of benzene rings is 1. The first-order chi connectivity index (χ1) is 9.47. The number of hydrogen-bond donors (Lipinski definition) is 1. The van der Waals surface area contributed by atoms with Crippen molar-refractivity contribution in [1.29, 1.82) is 0 Å². The van der Waals surface area contributed by atoms with E-state index in [-0.39, 0.29) is 24.3 Å². The summed E-state index contributed by atoms with van der Waals surface area (Å²) in [5.74, 6) is -0.491. The van der Waals surface area contributed by atoms with Gasteiger partial charge in [0, 0.05) is 11.3 Å². The smallest absolute Gasteiger partial charge is 0.309 e. The molecule has 0 bridgehead atoms. The van der Waals surface area contributed by atoms with Gasteiger partial charge in [-0.15, -0.1) is 0 Å². The minimum absolute atomic E-state index is 0.0520. The van der Waals surface area contributed by atoms with E-state index in [2.05, 4.69) is 5.32 Å². The Morgan fingerprint density at radius 1 is 1.35 bits per heavy atom. The number of rotatable bonds is 5. The van der Waals surface area contributed by atoms with Gasteiger partial charge in [0.1, 0.15) is 0 Å². The zero-order chi connectivity index (χ0) is 14.7. The monoisotopic (exact) mass is 275 g/mol. The molecular weight excluding hydrogens is 258 g/mol. The summed E-state index contributed by atoms with van der Waals surface area (Å²) in [7, 11) is 0. The van der Waals surface area contributed by atoms with Gasteiger partial charge in [0.2, 0.25) is 0 Å². The zero-order valence-electron chi connectivity index (χ0n) is 11.5. The number of nitrogens with one attached hydrogen (secondary N) is 1. The topological polar surface area (TPSA) is 72.5 Å². The molecule has 2 rings (SSSR count). The largest absolute Gasteiger partial charge is 0.455 e. The van der Waals surface area contributed by atoms with Crippen LogP contribution in [0.15, 0.2) is 24.3 Å². The summed E-state index contributed by atoms with van der Waals surface area (Å²) in [6, 6.07) is 6.62. The number of Topliss-reactive ketones (excluding diaryl/α,β-unsaturated/α-hetero) is 1. The lowest BCUT2D eigenvalue weighted by atomic mass is 10.1. The molecular formula is C15H17NO4. The van der Waals surface area contributed by atoms with Crippen LogP contribution in [0, 0.1) is 11.8 Å². The third kappa shape index (κ3) is 3.66. The van der Waals surface area contributed by atoms with Crippen LogP contribution in [0.3, 0.4) is 0 Å². The summed E-state index contributed by atoms with van der Waals surface area (Å²) < 4.78 is 4.93. The maximum Gasteiger partial charge on any atom is 0.309 e. The lowest BCUT2D eigenvalue weighted by Crippen LogP contribution is -2.21. The van der Waals surface area contributed by atoms with Gasteiger partial charge in [0.15, 0.2) is 12.4 Å². The van der Waals surface area contributed by atoms with Crippen molar-refractivity contribution in [3.8, 4) is 0 Å². The number of hydrogen-bond acceptors (Lipinski definition) is 4. The van der Waals surface area contributed by atoms with Gasteiger partial charge in [0.05, 0.1) is 5.92 Å². The summed E-state index contributed by atoms with van der Waals surface area (Å²) in [5, 5.41) is 2.59. The Labute approximate surface area is 117 Å². The van der Waals surface area contributed by atoms with Crippen LogP contribution in [0.2, 0.25) is 0 Å². The Bertz CT molecular complexity index is 553. The van der Waals surface area contributed by atoms with E-state index < -0.39 is 5.91 Å². The number of amides is 1. The molecule has 1 aliphatic carbocycles. The number of ether oxygens (including phenoxy) is 1. The Morgan fingerprint density at radius 2 is 2.05 bits per heavy atom. The van der Waals surface area contributed by atoms with Crippen LogP contribution >= 0.6 is 0 Å². The van der Waals surface area contributed by atoms with Gasteiger partial charge < -0.3 is 10.1 Å². The van der Waals surface area contributed by atoms with Crippen LogP contribution in [0.25, 0.3) is 0 Å². The van der Waals surface area contributed by atoms with Gasteiger partial charge in [-0.1, -0.05) is 19.1 Å². The summed E-state index contributed by atoms with van der Waals surface area (Å²) in [6.07, 6.45) is 0.834. The first kappa shape index (κ1) is 14.2. The number of anilines is 1. The number of ketones is 1. The number of esters is 1. The quantitative estimate of drug-likeness (QED) is 0.659. The number of carbonyl (C=O) groups excluding carboxylic acids is 3. The molecule has 0 spiro atoms. The van der Waals surface area contributed by atoms with E-state index >= 15 is 0 Å². The molecule has 1 aromatic rings. The Hall–Kier alpha value is -2.17. The van der Waals surface area contributed by atoms with Gasteiger partial charge in [-0.2, -0.15) is 0 Å². The highest BCUT2D eigenvalue weighted by atomic mass is 16.5. The molecule has 106 valence electrons. The van der Waals surface area contributed by atoms with Crippen molar-refractivity contribution < 1.29 is 19.1 Å². The standard InChI is InChI=1S/C15H17NO4/c1-9-6-13(9)15(19)20-8-14(18)16-12-5-3-4-11(7-12)10(2)17/h3-5,7,9,13H,6,8H2,1-2H3,(H,16,18)/t9-,13+/m1/s1. The van der Waals surface area contributed by atoms with Crippen molar-refractivity contribution in [3.05, 3.63) is 29.8 Å². The van der Waals surface area contributed by atoms with Crippen LogP contribution < -0.4 is 5.32 Å². The van der Waals surface area contributed by atoms with Crippen LogP contribution in [0.5, 0.6) is 0 Å². The maximum absolute atomic E-state index is 11.6. The third-order valence-electron chi connectivity index (χ3n) is 3.31. The molecule has 1 aliphatic rings. The zero-order valence-corrected chi connectivity index (χ0v) is 11.5. The molecule has 1 fully saturated rings. The minimum Gasteiger partial charge on any atom is -0.455 e. The Morgan fingerprint density at radius 3 is 2.65 bits per heavy atom. The van der Waals surface area contributed by atoms with Crippen molar-refractivity contribution in [1.82, 2.24) is 0 Å². The predicted molar refractivity (Wildman–Crippen MR) is 73.3 cm³/mol. The molecule has 2 atom stereocenters. The van der Waals surface area contributed by atoms with Gasteiger partial charge >= 0.3 is 5.97 Å². The molecule has 0 aromatic heterocycles. The molecule has 0 unspecified atom stereocenters. The predicted octanol–water partition coefficient (Wildman–Crippen LogP) is 2.03. The average Bonchev–Trinajstić information content (AvgIpc) is 3.13. The van der Waals surface area contributed by atoms with E-state index in [1.807, 2.05) is 6.92 Å². The molecule has 5 nitrogen and oxygen atoms in total. The molecule has 1 saturated carbocycles. The first-order valence-corrected chi connectivity index (χ1v) is 6.55. The summed E-state index contributed by atoms with van der Waals surface area (Å²) in [5.41, 5.74) is 1.03. The lowest BCUT2D eigenvalue weighted by Gasteiger charge is -2.07. The van der Waals surface area contributed by atoms with E-state index in [4.69, 9.17) is 4.74 Å². The minimum atomic E-state index is -0.410. The second-order valence-electron chi connectivity index (χ2n) is 5.11. The Kier molecular flexibility index (Phi) is 4.17. The van der Waals surface area contributed by atoms with Crippen molar-refractivity contribution in [3.63, 3.8) is 0 Å². The molecule has 1 amide bonds. The summed E-state index contributed by atoms with van der Waals surface area (Å²) in [4.78, 5) is 34.3. The molecule has 1 aromatic carbocycles. The van der Waals surface area contributed by atoms with Crippen LogP contribution in [-0.2, 0) is 14.3 Å². The van der Waals surface area contributed by atoms with Gasteiger partial charge in [-0.05, 0) is 31.4 Å².